The second kappa shape index (κ2) is 9.69. The maximum Gasteiger partial charge on any atom is 0.478 e. The van der Waals surface area contributed by atoms with Gasteiger partial charge in [-0.15, -0.1) is 0 Å². The molecule has 0 saturated carbocycles. The molecule has 0 unspecified atom stereocenters. The van der Waals surface area contributed by atoms with Gasteiger partial charge in [-0.3, -0.25) is 23.3 Å². The number of rotatable bonds is 8. The van der Waals surface area contributed by atoms with Gasteiger partial charge in [-0.25, -0.2) is 13.9 Å². The second-order valence-corrected chi connectivity index (χ2v) is 8.91. The Morgan fingerprint density at radius 3 is 2.70 bits per heavy atom. The van der Waals surface area contributed by atoms with Crippen molar-refractivity contribution in [2.24, 2.45) is 12.5 Å². The Kier molecular flexibility index (Phi) is 7.75. The van der Waals surface area contributed by atoms with Crippen LogP contribution in [0.4, 0.5) is 0 Å². The predicted molar refractivity (Wildman–Crippen MR) is 101 cm³/mol. The summed E-state index contributed by atoms with van der Waals surface area (Å²) in [6.45, 7) is 4.30. The predicted octanol–water partition coefficient (Wildman–Crippen LogP) is 1.09. The molecule has 0 aliphatic carbocycles. The average Bonchev–Trinajstić information content (AvgIpc) is 3.02. The molecule has 1 aromatic rings. The number of carbonyl (C=O) groups is 3. The summed E-state index contributed by atoms with van der Waals surface area (Å²) < 4.78 is 39.0. The van der Waals surface area contributed by atoms with Crippen molar-refractivity contribution in [3.05, 3.63) is 17.5 Å². The van der Waals surface area contributed by atoms with Gasteiger partial charge in [-0.2, -0.15) is 5.10 Å². The summed E-state index contributed by atoms with van der Waals surface area (Å²) in [5.74, 6) is -1.81. The first kappa shape index (κ1) is 24.0. The van der Waals surface area contributed by atoms with Crippen LogP contribution in [0.1, 0.15) is 36.5 Å². The van der Waals surface area contributed by atoms with Gasteiger partial charge in [0.2, 0.25) is 12.7 Å². The minimum absolute atomic E-state index is 0.0230. The van der Waals surface area contributed by atoms with Crippen molar-refractivity contribution >= 4 is 25.7 Å². The van der Waals surface area contributed by atoms with Gasteiger partial charge in [0.15, 0.2) is 6.10 Å². The van der Waals surface area contributed by atoms with Crippen LogP contribution in [0.15, 0.2) is 6.07 Å². The van der Waals surface area contributed by atoms with E-state index in [0.717, 1.165) is 0 Å². The number of phosphoric acid groups is 1. The first-order valence-electron chi connectivity index (χ1n) is 9.07. The molecule has 0 radical (unpaired) electrons. The Labute approximate surface area is 173 Å². The summed E-state index contributed by atoms with van der Waals surface area (Å²) in [6, 6.07) is 1.52. The maximum atomic E-state index is 12.7. The third kappa shape index (κ3) is 6.11. The fourth-order valence-corrected chi connectivity index (χ4v) is 4.10. The molecule has 1 aliphatic rings. The number of nitrogens with zero attached hydrogens (tertiary/aromatic N) is 2. The Balaban J connectivity index is 1.92. The molecule has 1 saturated heterocycles. The van der Waals surface area contributed by atoms with Crippen molar-refractivity contribution in [2.45, 2.75) is 33.3 Å². The van der Waals surface area contributed by atoms with Crippen molar-refractivity contribution in [1.29, 1.82) is 0 Å². The summed E-state index contributed by atoms with van der Waals surface area (Å²) in [7, 11) is -1.35. The Morgan fingerprint density at radius 1 is 1.40 bits per heavy atom. The molecule has 30 heavy (non-hydrogen) atoms. The van der Waals surface area contributed by atoms with E-state index in [2.05, 4.69) is 15.2 Å². The molecule has 1 amide bonds. The van der Waals surface area contributed by atoms with Crippen LogP contribution in [-0.4, -0.2) is 60.8 Å². The van der Waals surface area contributed by atoms with E-state index in [4.69, 9.17) is 18.3 Å². The lowest BCUT2D eigenvalue weighted by Crippen LogP contribution is -2.50. The van der Waals surface area contributed by atoms with Gasteiger partial charge in [0.1, 0.15) is 5.69 Å². The van der Waals surface area contributed by atoms with Gasteiger partial charge in [0.25, 0.3) is 0 Å². The highest BCUT2D eigenvalue weighted by atomic mass is 31.2. The van der Waals surface area contributed by atoms with E-state index >= 15 is 0 Å². The highest BCUT2D eigenvalue weighted by Crippen LogP contribution is 2.57. The fourth-order valence-electron chi connectivity index (χ4n) is 2.60. The largest absolute Gasteiger partial charge is 0.478 e. The molecule has 1 N–H and O–H groups in total. The molecule has 168 valence electrons. The van der Waals surface area contributed by atoms with Crippen LogP contribution >= 0.6 is 7.82 Å². The molecule has 2 heterocycles. The third-order valence-corrected chi connectivity index (χ3v) is 5.58. The lowest BCUT2D eigenvalue weighted by molar-refractivity contribution is -0.144. The molecule has 2 atom stereocenters. The number of phosphoric ester groups is 1. The molecular weight excluding hydrogens is 421 g/mol. The quantitative estimate of drug-likeness (QED) is 0.349. The molecule has 1 aromatic heterocycles. The molecule has 1 fully saturated rings. The van der Waals surface area contributed by atoms with Crippen LogP contribution in [0.5, 0.6) is 0 Å². The zero-order valence-electron chi connectivity index (χ0n) is 17.5. The molecular formula is C17H26N3O9P. The van der Waals surface area contributed by atoms with E-state index in [9.17, 15) is 18.9 Å². The first-order chi connectivity index (χ1) is 14.0. The maximum absolute atomic E-state index is 12.7. The molecule has 12 nitrogen and oxygen atoms in total. The lowest BCUT2D eigenvalue weighted by atomic mass is 9.87. The molecule has 0 aromatic carbocycles. The van der Waals surface area contributed by atoms with Crippen molar-refractivity contribution < 1.29 is 42.0 Å². The van der Waals surface area contributed by atoms with Crippen LogP contribution < -0.4 is 5.32 Å². The molecule has 1 aliphatic heterocycles. The average molecular weight is 447 g/mol. The van der Waals surface area contributed by atoms with E-state index in [1.54, 1.807) is 27.8 Å². The van der Waals surface area contributed by atoms with E-state index in [1.807, 2.05) is 0 Å². The van der Waals surface area contributed by atoms with Crippen LogP contribution in [0.25, 0.3) is 0 Å². The number of carbonyl (C=O) groups excluding carboxylic acids is 3. The number of amides is 1. The molecule has 13 heteroatoms. The normalized spacial score (nSPS) is 22.9. The van der Waals surface area contributed by atoms with Gasteiger partial charge >= 0.3 is 19.8 Å². The monoisotopic (exact) mass is 447 g/mol. The Morgan fingerprint density at radius 2 is 2.10 bits per heavy atom. The van der Waals surface area contributed by atoms with Gasteiger partial charge in [-0.05, 0) is 13.0 Å². The highest BCUT2D eigenvalue weighted by Gasteiger charge is 2.49. The smallest absolute Gasteiger partial charge is 0.469 e. The molecule has 0 spiro atoms. The summed E-state index contributed by atoms with van der Waals surface area (Å²) >= 11 is 0. The van der Waals surface area contributed by atoms with Crippen LogP contribution in [-0.2, 0) is 44.2 Å². The highest BCUT2D eigenvalue weighted by molar-refractivity contribution is 7.48. The summed E-state index contributed by atoms with van der Waals surface area (Å²) in [4.78, 5) is 35.7. The number of nitrogens with one attached hydrogen (secondary N) is 1. The third-order valence-electron chi connectivity index (χ3n) is 4.25. The Bertz CT molecular complexity index is 852. The first-order valence-corrected chi connectivity index (χ1v) is 10.5. The number of methoxy groups -OCH3 is 1. The minimum Gasteiger partial charge on any atom is -0.469 e. The number of esters is 2. The van der Waals surface area contributed by atoms with Gasteiger partial charge in [0.05, 0.1) is 25.8 Å². The number of hydrogen-bond acceptors (Lipinski definition) is 10. The number of ether oxygens (including phenoxy) is 2. The van der Waals surface area contributed by atoms with Crippen LogP contribution in [0, 0.1) is 12.3 Å². The standard InChI is InChI=1S/C17H26N3O9P/c1-11-8-12(20(4)19-11)16(23)26-10-28-30(24)27-9-17(2,3)14(29-30)15(22)18-7-6-13(21)25-5/h8,14H,6-7,9-10H2,1-5H3,(H,18,22)/t14-,30+/m0/s1. The van der Waals surface area contributed by atoms with E-state index in [1.165, 1.54) is 17.9 Å². The summed E-state index contributed by atoms with van der Waals surface area (Å²) in [6.07, 6.45) is -1.20. The van der Waals surface area contributed by atoms with Gasteiger partial charge in [0, 0.05) is 19.0 Å². The second-order valence-electron chi connectivity index (χ2n) is 7.29. The molecule has 2 rings (SSSR count). The van der Waals surface area contributed by atoms with Crippen molar-refractivity contribution in [1.82, 2.24) is 15.1 Å². The van der Waals surface area contributed by atoms with Crippen LogP contribution in [0.2, 0.25) is 0 Å². The summed E-state index contributed by atoms with van der Waals surface area (Å²) in [5.41, 5.74) is -0.0144. The molecule has 0 bridgehead atoms. The Hall–Kier alpha value is -2.27. The number of aryl methyl sites for hydroxylation is 2. The SMILES string of the molecule is COC(=O)CCNC(=O)[C@@H]1O[P@@](=O)(OCOC(=O)c2cc(C)nn2C)OCC1(C)C. The van der Waals surface area contributed by atoms with Crippen molar-refractivity contribution in [3.8, 4) is 0 Å². The number of hydrogen-bond donors (Lipinski definition) is 1. The zero-order chi connectivity index (χ0) is 22.5. The number of aromatic nitrogens is 2. The summed E-state index contributed by atoms with van der Waals surface area (Å²) in [5, 5.41) is 6.55. The van der Waals surface area contributed by atoms with Gasteiger partial charge < -0.3 is 14.8 Å². The van der Waals surface area contributed by atoms with E-state index in [-0.39, 0.29) is 25.3 Å². The van der Waals surface area contributed by atoms with Crippen LogP contribution in [0.3, 0.4) is 0 Å². The fraction of sp³-hybridized carbons (Fsp3) is 0.647. The van der Waals surface area contributed by atoms with Gasteiger partial charge in [-0.1, -0.05) is 13.8 Å². The van der Waals surface area contributed by atoms with E-state index < -0.39 is 44.0 Å². The van der Waals surface area contributed by atoms with E-state index in [0.29, 0.717) is 5.69 Å². The van der Waals surface area contributed by atoms with Crippen molar-refractivity contribution in [3.63, 3.8) is 0 Å². The van der Waals surface area contributed by atoms with Crippen molar-refractivity contribution in [2.75, 3.05) is 27.1 Å². The zero-order valence-corrected chi connectivity index (χ0v) is 18.4. The topological polar surface area (TPSA) is 144 Å². The lowest BCUT2D eigenvalue weighted by Gasteiger charge is -2.39. The minimum atomic E-state index is -4.17.